The highest BCUT2D eigenvalue weighted by Gasteiger charge is 2.39. The van der Waals surface area contributed by atoms with Crippen molar-refractivity contribution < 1.29 is 9.90 Å². The van der Waals surface area contributed by atoms with Crippen LogP contribution in [0, 0.1) is 0 Å². The van der Waals surface area contributed by atoms with Crippen LogP contribution in [0.2, 0.25) is 0 Å². The molecule has 1 aliphatic heterocycles. The van der Waals surface area contributed by atoms with Crippen molar-refractivity contribution in [2.45, 2.75) is 11.8 Å². The molecule has 1 N–H and O–H groups in total. The van der Waals surface area contributed by atoms with Crippen LogP contribution in [0.4, 0.5) is 0 Å². The molecule has 0 amide bonds. The number of hydrogen-bond acceptors (Lipinski definition) is 6. The Morgan fingerprint density at radius 1 is 1.08 bits per heavy atom. The first-order valence-corrected chi connectivity index (χ1v) is 9.36. The molecular formula is C18H14N2O2S2. The summed E-state index contributed by atoms with van der Waals surface area (Å²) in [5.41, 5.74) is 2.26. The zero-order valence-electron chi connectivity index (χ0n) is 12.6. The number of thiophene rings is 1. The van der Waals surface area contributed by atoms with Gasteiger partial charge in [-0.25, -0.2) is 0 Å². The van der Waals surface area contributed by atoms with Gasteiger partial charge in [0, 0.05) is 28.9 Å². The van der Waals surface area contributed by atoms with Crippen LogP contribution in [-0.4, -0.2) is 25.9 Å². The van der Waals surface area contributed by atoms with Crippen LogP contribution in [0.1, 0.15) is 22.4 Å². The lowest BCUT2D eigenvalue weighted by molar-refractivity contribution is -0.112. The molecule has 0 aliphatic carbocycles. The topological polar surface area (TPSA) is 63.1 Å². The number of carbonyl (C=O) groups is 1. The summed E-state index contributed by atoms with van der Waals surface area (Å²) in [5, 5.41) is 10.7. The van der Waals surface area contributed by atoms with Gasteiger partial charge < -0.3 is 5.11 Å². The van der Waals surface area contributed by atoms with E-state index in [0.29, 0.717) is 5.75 Å². The van der Waals surface area contributed by atoms with Crippen molar-refractivity contribution in [1.82, 2.24) is 9.97 Å². The van der Waals surface area contributed by atoms with E-state index in [1.54, 1.807) is 12.4 Å². The highest BCUT2D eigenvalue weighted by atomic mass is 32.2. The van der Waals surface area contributed by atoms with E-state index >= 15 is 0 Å². The van der Waals surface area contributed by atoms with Gasteiger partial charge in [0.25, 0.3) is 0 Å². The fourth-order valence-electron chi connectivity index (χ4n) is 2.94. The van der Waals surface area contributed by atoms with Crippen molar-refractivity contribution in [3.63, 3.8) is 0 Å². The molecule has 0 saturated carbocycles. The number of aromatic nitrogens is 2. The average Bonchev–Trinajstić information content (AvgIpc) is 3.19. The van der Waals surface area contributed by atoms with E-state index in [1.807, 2.05) is 42.5 Å². The first kappa shape index (κ1) is 15.4. The summed E-state index contributed by atoms with van der Waals surface area (Å²) in [7, 11) is 0. The van der Waals surface area contributed by atoms with Gasteiger partial charge >= 0.3 is 0 Å². The molecule has 1 saturated heterocycles. The van der Waals surface area contributed by atoms with Gasteiger partial charge in [-0.15, -0.1) is 11.3 Å². The Morgan fingerprint density at radius 3 is 2.58 bits per heavy atom. The molecular weight excluding hydrogens is 340 g/mol. The largest absolute Gasteiger partial charge is 0.499 e. The van der Waals surface area contributed by atoms with Crippen molar-refractivity contribution in [1.29, 1.82) is 0 Å². The molecule has 0 radical (unpaired) electrons. The fourth-order valence-corrected chi connectivity index (χ4v) is 5.27. The monoisotopic (exact) mass is 354 g/mol. The zero-order valence-corrected chi connectivity index (χ0v) is 14.3. The van der Waals surface area contributed by atoms with E-state index in [1.165, 1.54) is 23.1 Å². The number of aromatic hydroxyl groups is 1. The van der Waals surface area contributed by atoms with E-state index in [-0.39, 0.29) is 22.0 Å². The van der Waals surface area contributed by atoms with Gasteiger partial charge in [0.15, 0.2) is 10.2 Å². The minimum Gasteiger partial charge on any atom is -0.499 e. The fraction of sp³-hybridized carbons (Fsp3) is 0.167. The summed E-state index contributed by atoms with van der Waals surface area (Å²) in [5.74, 6) is 0.485. The third-order valence-electron chi connectivity index (χ3n) is 4.11. The Hall–Kier alpha value is -2.18. The average molecular weight is 354 g/mol. The van der Waals surface area contributed by atoms with Gasteiger partial charge in [-0.3, -0.25) is 14.8 Å². The number of rotatable bonds is 3. The van der Waals surface area contributed by atoms with Gasteiger partial charge in [-0.05, 0) is 30.3 Å². The second-order valence-electron chi connectivity index (χ2n) is 5.55. The Kier molecular flexibility index (Phi) is 4.08. The van der Waals surface area contributed by atoms with E-state index < -0.39 is 0 Å². The molecule has 2 unspecified atom stereocenters. The summed E-state index contributed by atoms with van der Waals surface area (Å²) >= 11 is 2.67. The predicted molar refractivity (Wildman–Crippen MR) is 96.4 cm³/mol. The maximum absolute atomic E-state index is 12.4. The predicted octanol–water partition coefficient (Wildman–Crippen LogP) is 4.05. The normalized spacial score (nSPS) is 20.4. The van der Waals surface area contributed by atoms with Crippen LogP contribution in [0.5, 0.6) is 5.06 Å². The summed E-state index contributed by atoms with van der Waals surface area (Å²) in [4.78, 5) is 22.0. The summed E-state index contributed by atoms with van der Waals surface area (Å²) < 4.78 is 0. The van der Waals surface area contributed by atoms with Crippen molar-refractivity contribution in [2.24, 2.45) is 0 Å². The van der Waals surface area contributed by atoms with Crippen molar-refractivity contribution >= 4 is 28.2 Å². The van der Waals surface area contributed by atoms with Crippen LogP contribution in [0.15, 0.2) is 54.9 Å². The van der Waals surface area contributed by atoms with Crippen molar-refractivity contribution in [3.05, 3.63) is 65.4 Å². The van der Waals surface area contributed by atoms with Crippen LogP contribution in [0.25, 0.3) is 11.3 Å². The number of thioether (sulfide) groups is 1. The maximum atomic E-state index is 12.4. The maximum Gasteiger partial charge on any atom is 0.198 e. The quantitative estimate of drug-likeness (QED) is 0.769. The Labute approximate surface area is 147 Å². The zero-order chi connectivity index (χ0) is 16.5. The molecule has 0 spiro atoms. The Morgan fingerprint density at radius 2 is 1.88 bits per heavy atom. The second-order valence-corrected chi connectivity index (χ2v) is 7.64. The minimum absolute atomic E-state index is 0.0331. The van der Waals surface area contributed by atoms with Gasteiger partial charge in [0.2, 0.25) is 0 Å². The van der Waals surface area contributed by atoms with E-state index in [0.717, 1.165) is 21.8 Å². The molecule has 0 aromatic carbocycles. The van der Waals surface area contributed by atoms with E-state index in [4.69, 9.17) is 0 Å². The highest BCUT2D eigenvalue weighted by molar-refractivity contribution is 8.14. The molecule has 4 heterocycles. The van der Waals surface area contributed by atoms with Crippen LogP contribution >= 0.6 is 23.1 Å². The van der Waals surface area contributed by atoms with Crippen molar-refractivity contribution in [2.75, 3.05) is 5.75 Å². The molecule has 2 atom stereocenters. The molecule has 6 heteroatoms. The standard InChI is InChI=1S/C18H14N2O2S2/c21-17-11(13-5-1-3-7-19-13)9-15(24-17)12-10-23-18(22)16(12)14-6-2-4-8-20-14/h1-9,12,16,21H,10H2. The number of carbonyl (C=O) groups excluding carboxylic acids is 1. The third kappa shape index (κ3) is 2.72. The molecule has 3 aromatic rings. The van der Waals surface area contributed by atoms with Gasteiger partial charge in [-0.1, -0.05) is 23.9 Å². The van der Waals surface area contributed by atoms with Gasteiger partial charge in [-0.2, -0.15) is 0 Å². The van der Waals surface area contributed by atoms with Crippen LogP contribution < -0.4 is 0 Å². The highest BCUT2D eigenvalue weighted by Crippen LogP contribution is 2.49. The summed E-state index contributed by atoms with van der Waals surface area (Å²) in [6.45, 7) is 0. The molecule has 4 nitrogen and oxygen atoms in total. The van der Waals surface area contributed by atoms with Gasteiger partial charge in [0.1, 0.15) is 0 Å². The first-order chi connectivity index (χ1) is 11.7. The van der Waals surface area contributed by atoms with E-state index in [9.17, 15) is 9.90 Å². The molecule has 120 valence electrons. The second kappa shape index (κ2) is 6.37. The Balaban J connectivity index is 1.72. The Bertz CT molecular complexity index is 865. The lowest BCUT2D eigenvalue weighted by atomic mass is 9.90. The SMILES string of the molecule is O=C1SCC(c2cc(-c3ccccn3)c(O)s2)C1c1ccccn1. The molecule has 3 aromatic heterocycles. The third-order valence-corrected chi connectivity index (χ3v) is 6.24. The van der Waals surface area contributed by atoms with E-state index in [2.05, 4.69) is 9.97 Å². The van der Waals surface area contributed by atoms with Crippen molar-refractivity contribution in [3.8, 4) is 16.3 Å². The number of hydrogen-bond donors (Lipinski definition) is 1. The molecule has 0 bridgehead atoms. The molecule has 24 heavy (non-hydrogen) atoms. The van der Waals surface area contributed by atoms with Crippen LogP contribution in [0.3, 0.4) is 0 Å². The smallest absolute Gasteiger partial charge is 0.198 e. The number of pyridine rings is 2. The lowest BCUT2D eigenvalue weighted by Crippen LogP contribution is -2.12. The summed E-state index contributed by atoms with van der Waals surface area (Å²) in [6, 6.07) is 13.2. The first-order valence-electron chi connectivity index (χ1n) is 7.55. The number of nitrogens with zero attached hydrogens (tertiary/aromatic N) is 2. The molecule has 4 rings (SSSR count). The molecule has 1 fully saturated rings. The lowest BCUT2D eigenvalue weighted by Gasteiger charge is -2.15. The minimum atomic E-state index is -0.258. The molecule has 1 aliphatic rings. The summed E-state index contributed by atoms with van der Waals surface area (Å²) in [6.07, 6.45) is 3.42. The van der Waals surface area contributed by atoms with Crippen LogP contribution in [-0.2, 0) is 4.79 Å². The van der Waals surface area contributed by atoms with Gasteiger partial charge in [0.05, 0.1) is 22.9 Å².